The minimum atomic E-state index is 0. The molecule has 32 heavy (non-hydrogen) atoms. The second kappa shape index (κ2) is 10.8. The molecule has 0 aliphatic carbocycles. The number of halogens is 2. The topological polar surface area (TPSA) is 34.8 Å². The van der Waals surface area contributed by atoms with Gasteiger partial charge < -0.3 is 18.8 Å². The number of hydrogen-bond donors (Lipinski definition) is 0. The number of rotatable bonds is 8. The minimum absolute atomic E-state index is 0. The van der Waals surface area contributed by atoms with Crippen LogP contribution < -0.4 is 9.47 Å². The van der Waals surface area contributed by atoms with Crippen molar-refractivity contribution in [3.63, 3.8) is 0 Å². The van der Waals surface area contributed by atoms with Gasteiger partial charge in [0, 0.05) is 35.0 Å². The van der Waals surface area contributed by atoms with E-state index in [4.69, 9.17) is 25.5 Å². The Kier molecular flexibility index (Phi) is 8.08. The summed E-state index contributed by atoms with van der Waals surface area (Å²) in [6.45, 7) is 1.53. The molecule has 1 heterocycles. The van der Waals surface area contributed by atoms with E-state index in [2.05, 4.69) is 23.1 Å². The number of furan rings is 1. The van der Waals surface area contributed by atoms with Gasteiger partial charge in [-0.25, -0.2) is 0 Å². The van der Waals surface area contributed by atoms with Crippen molar-refractivity contribution >= 4 is 35.0 Å². The lowest BCUT2D eigenvalue weighted by Crippen LogP contribution is -2.19. The Morgan fingerprint density at radius 3 is 2.25 bits per heavy atom. The SMILES string of the molecule is COc1ccc2c(-c3ccc(OCCN(C)C)cc3)c(Cc3ccc(Cl)cc3)oc2c1.Cl. The first kappa shape index (κ1) is 24.0. The Labute approximate surface area is 200 Å². The molecule has 4 rings (SSSR count). The summed E-state index contributed by atoms with van der Waals surface area (Å²) >= 11 is 6.06. The Morgan fingerprint density at radius 1 is 0.906 bits per heavy atom. The maximum Gasteiger partial charge on any atom is 0.138 e. The van der Waals surface area contributed by atoms with Crippen molar-refractivity contribution in [2.24, 2.45) is 0 Å². The number of methoxy groups -OCH3 is 1. The third-order valence-corrected chi connectivity index (χ3v) is 5.45. The highest BCUT2D eigenvalue weighted by molar-refractivity contribution is 6.30. The fourth-order valence-electron chi connectivity index (χ4n) is 3.55. The van der Waals surface area contributed by atoms with Crippen LogP contribution in [0.3, 0.4) is 0 Å². The van der Waals surface area contributed by atoms with Gasteiger partial charge in [-0.05, 0) is 61.6 Å². The molecule has 0 bridgehead atoms. The largest absolute Gasteiger partial charge is 0.497 e. The molecule has 0 aliphatic heterocycles. The van der Waals surface area contributed by atoms with Crippen LogP contribution in [0.25, 0.3) is 22.1 Å². The average Bonchev–Trinajstić information content (AvgIpc) is 3.12. The summed E-state index contributed by atoms with van der Waals surface area (Å²) in [5.41, 5.74) is 4.13. The van der Waals surface area contributed by atoms with Gasteiger partial charge in [-0.3, -0.25) is 0 Å². The summed E-state index contributed by atoms with van der Waals surface area (Å²) < 4.78 is 17.5. The van der Waals surface area contributed by atoms with E-state index in [9.17, 15) is 0 Å². The molecule has 3 aromatic carbocycles. The number of likely N-dealkylation sites (N-methyl/N-ethyl adjacent to an activating group) is 1. The van der Waals surface area contributed by atoms with E-state index in [0.717, 1.165) is 56.5 Å². The number of hydrogen-bond acceptors (Lipinski definition) is 4. The second-order valence-corrected chi connectivity index (χ2v) is 8.18. The molecule has 4 nitrogen and oxygen atoms in total. The molecule has 0 fully saturated rings. The summed E-state index contributed by atoms with van der Waals surface area (Å²) in [4.78, 5) is 2.10. The molecule has 0 unspecified atom stereocenters. The first-order valence-corrected chi connectivity index (χ1v) is 10.6. The second-order valence-electron chi connectivity index (χ2n) is 7.74. The van der Waals surface area contributed by atoms with Gasteiger partial charge in [0.1, 0.15) is 29.4 Å². The lowest BCUT2D eigenvalue weighted by molar-refractivity contribution is 0.261. The molecule has 1 aromatic heterocycles. The van der Waals surface area contributed by atoms with Crippen LogP contribution in [0.4, 0.5) is 0 Å². The number of benzene rings is 3. The predicted molar refractivity (Wildman–Crippen MR) is 134 cm³/mol. The average molecular weight is 472 g/mol. The Bertz CT molecular complexity index is 1150. The van der Waals surface area contributed by atoms with Crippen LogP contribution in [0.15, 0.2) is 71.1 Å². The van der Waals surface area contributed by atoms with Crippen molar-refractivity contribution in [1.82, 2.24) is 4.90 Å². The van der Waals surface area contributed by atoms with Crippen molar-refractivity contribution in [1.29, 1.82) is 0 Å². The molecule has 0 atom stereocenters. The predicted octanol–water partition coefficient (Wildman–Crippen LogP) is 6.71. The van der Waals surface area contributed by atoms with Crippen LogP contribution in [0.2, 0.25) is 5.02 Å². The standard InChI is InChI=1S/C26H26ClNO3.ClH/c1-28(2)14-15-30-21-10-6-19(7-11-21)26-23-13-12-22(29-3)17-24(23)31-25(26)16-18-4-8-20(27)9-5-18;/h4-13,17H,14-16H2,1-3H3;1H. The van der Waals surface area contributed by atoms with Crippen LogP contribution in [0.5, 0.6) is 11.5 Å². The molecule has 0 aliphatic rings. The van der Waals surface area contributed by atoms with E-state index in [1.54, 1.807) is 7.11 Å². The van der Waals surface area contributed by atoms with Gasteiger partial charge in [0.05, 0.1) is 7.11 Å². The molecule has 0 N–H and O–H groups in total. The maximum absolute atomic E-state index is 6.30. The fraction of sp³-hybridized carbons (Fsp3) is 0.231. The monoisotopic (exact) mass is 471 g/mol. The summed E-state index contributed by atoms with van der Waals surface area (Å²) in [6.07, 6.45) is 0.671. The smallest absolute Gasteiger partial charge is 0.138 e. The first-order valence-electron chi connectivity index (χ1n) is 10.3. The molecule has 0 saturated heterocycles. The van der Waals surface area contributed by atoms with Crippen LogP contribution in [0, 0.1) is 0 Å². The fourth-order valence-corrected chi connectivity index (χ4v) is 3.67. The number of fused-ring (bicyclic) bond motifs is 1. The summed E-state index contributed by atoms with van der Waals surface area (Å²) in [5.74, 6) is 2.54. The molecule has 0 radical (unpaired) electrons. The molecule has 0 saturated carbocycles. The van der Waals surface area contributed by atoms with Crippen molar-refractivity contribution in [3.8, 4) is 22.6 Å². The first-order chi connectivity index (χ1) is 15.0. The summed E-state index contributed by atoms with van der Waals surface area (Å²) in [5, 5.41) is 1.79. The quantitative estimate of drug-likeness (QED) is 0.285. The van der Waals surface area contributed by atoms with E-state index in [1.165, 1.54) is 0 Å². The summed E-state index contributed by atoms with van der Waals surface area (Å²) in [7, 11) is 5.73. The third kappa shape index (κ3) is 5.57. The van der Waals surface area contributed by atoms with E-state index in [0.29, 0.717) is 13.0 Å². The zero-order chi connectivity index (χ0) is 21.8. The van der Waals surface area contributed by atoms with Crippen LogP contribution in [0.1, 0.15) is 11.3 Å². The van der Waals surface area contributed by atoms with Crippen LogP contribution in [-0.4, -0.2) is 39.3 Å². The van der Waals surface area contributed by atoms with Crippen LogP contribution in [-0.2, 0) is 6.42 Å². The van der Waals surface area contributed by atoms with Gasteiger partial charge in [-0.15, -0.1) is 12.4 Å². The van der Waals surface area contributed by atoms with E-state index >= 15 is 0 Å². The van der Waals surface area contributed by atoms with Crippen LogP contribution >= 0.6 is 24.0 Å². The molecule has 4 aromatic rings. The highest BCUT2D eigenvalue weighted by Crippen LogP contribution is 2.38. The molecular formula is C26H27Cl2NO3. The van der Waals surface area contributed by atoms with Crippen molar-refractivity contribution < 1.29 is 13.9 Å². The van der Waals surface area contributed by atoms with Gasteiger partial charge in [0.25, 0.3) is 0 Å². The highest BCUT2D eigenvalue weighted by Gasteiger charge is 2.17. The van der Waals surface area contributed by atoms with Gasteiger partial charge in [0.15, 0.2) is 0 Å². The third-order valence-electron chi connectivity index (χ3n) is 5.20. The van der Waals surface area contributed by atoms with Crippen molar-refractivity contribution in [3.05, 3.63) is 83.1 Å². The lowest BCUT2D eigenvalue weighted by Gasteiger charge is -2.11. The van der Waals surface area contributed by atoms with Crippen molar-refractivity contribution in [2.75, 3.05) is 34.4 Å². The molecular weight excluding hydrogens is 445 g/mol. The Morgan fingerprint density at radius 2 is 1.59 bits per heavy atom. The molecule has 0 amide bonds. The van der Waals surface area contributed by atoms with E-state index < -0.39 is 0 Å². The maximum atomic E-state index is 6.30. The zero-order valence-corrected chi connectivity index (χ0v) is 20.0. The molecule has 0 spiro atoms. The normalized spacial score (nSPS) is 10.9. The van der Waals surface area contributed by atoms with E-state index in [1.807, 2.05) is 62.6 Å². The minimum Gasteiger partial charge on any atom is -0.497 e. The molecule has 6 heteroatoms. The highest BCUT2D eigenvalue weighted by atomic mass is 35.5. The van der Waals surface area contributed by atoms with Crippen molar-refractivity contribution in [2.45, 2.75) is 6.42 Å². The number of ether oxygens (including phenoxy) is 2. The van der Waals surface area contributed by atoms with Gasteiger partial charge >= 0.3 is 0 Å². The number of nitrogens with zero attached hydrogens (tertiary/aromatic N) is 1. The zero-order valence-electron chi connectivity index (χ0n) is 18.4. The lowest BCUT2D eigenvalue weighted by atomic mass is 9.98. The van der Waals surface area contributed by atoms with Gasteiger partial charge in [-0.2, -0.15) is 0 Å². The van der Waals surface area contributed by atoms with Gasteiger partial charge in [-0.1, -0.05) is 35.9 Å². The summed E-state index contributed by atoms with van der Waals surface area (Å²) in [6, 6.07) is 22.0. The molecule has 168 valence electrons. The Balaban J connectivity index is 0.00000289. The Hall–Kier alpha value is -2.66. The van der Waals surface area contributed by atoms with Gasteiger partial charge in [0.2, 0.25) is 0 Å². The van der Waals surface area contributed by atoms with E-state index in [-0.39, 0.29) is 12.4 Å².